The number of amides is 1. The molecule has 0 aliphatic heterocycles. The number of furan rings is 1. The number of nitrogens with one attached hydrogen (secondary N) is 2. The van der Waals surface area contributed by atoms with Crippen LogP contribution in [-0.4, -0.2) is 30.3 Å². The molecule has 148 valence electrons. The number of H-pyrrole nitrogens is 1. The number of hydrogen-bond acceptors (Lipinski definition) is 4. The van der Waals surface area contributed by atoms with Crippen molar-refractivity contribution in [3.8, 4) is 17.0 Å². The maximum Gasteiger partial charge on any atom is 0.287 e. The highest BCUT2D eigenvalue weighted by molar-refractivity contribution is 9.10. The highest BCUT2D eigenvalue weighted by Gasteiger charge is 2.14. The van der Waals surface area contributed by atoms with Crippen LogP contribution in [0.25, 0.3) is 22.2 Å². The summed E-state index contributed by atoms with van der Waals surface area (Å²) in [6.07, 6.45) is 0. The molecule has 0 aliphatic carbocycles. The number of aromatic amines is 1. The Morgan fingerprint density at radius 2 is 1.93 bits per heavy atom. The van der Waals surface area contributed by atoms with Gasteiger partial charge in [0, 0.05) is 28.1 Å². The molecule has 2 aromatic carbocycles. The Morgan fingerprint density at radius 1 is 1.14 bits per heavy atom. The topological polar surface area (TPSA) is 67.3 Å². The molecule has 1 amide bonds. The number of fused-ring (bicyclic) bond motifs is 1. The SMILES string of the molecule is COc1ccc(-c2[nH]c3ccccc3c2SCCNC(=O)c2ccc(Br)o2)cc1. The van der Waals surface area contributed by atoms with Crippen LogP contribution < -0.4 is 10.1 Å². The van der Waals surface area contributed by atoms with Crippen molar-refractivity contribution in [3.05, 3.63) is 71.1 Å². The third-order valence-corrected chi connectivity index (χ3v) is 6.02. The molecule has 2 heterocycles. The highest BCUT2D eigenvalue weighted by atomic mass is 79.9. The fourth-order valence-electron chi connectivity index (χ4n) is 3.07. The van der Waals surface area contributed by atoms with Crippen molar-refractivity contribution >= 4 is 44.5 Å². The van der Waals surface area contributed by atoms with Gasteiger partial charge in [0.05, 0.1) is 12.8 Å². The summed E-state index contributed by atoms with van der Waals surface area (Å²) < 4.78 is 11.1. The van der Waals surface area contributed by atoms with Gasteiger partial charge in [-0.15, -0.1) is 11.8 Å². The Kier molecular flexibility index (Phi) is 5.97. The number of ether oxygens (including phenoxy) is 1. The van der Waals surface area contributed by atoms with Gasteiger partial charge in [-0.2, -0.15) is 0 Å². The van der Waals surface area contributed by atoms with Crippen molar-refractivity contribution in [1.29, 1.82) is 0 Å². The van der Waals surface area contributed by atoms with Crippen LogP contribution in [0.4, 0.5) is 0 Å². The van der Waals surface area contributed by atoms with E-state index in [9.17, 15) is 4.79 Å². The summed E-state index contributed by atoms with van der Waals surface area (Å²) in [5.41, 5.74) is 3.25. The Labute approximate surface area is 181 Å². The van der Waals surface area contributed by atoms with Crippen LogP contribution in [-0.2, 0) is 0 Å². The number of carbonyl (C=O) groups is 1. The van der Waals surface area contributed by atoms with Gasteiger partial charge < -0.3 is 19.5 Å². The van der Waals surface area contributed by atoms with Crippen LogP contribution in [0.15, 0.2) is 74.6 Å². The third kappa shape index (κ3) is 4.36. The molecule has 0 fully saturated rings. The molecular weight excluding hydrogens is 452 g/mol. The van der Waals surface area contributed by atoms with E-state index in [2.05, 4.69) is 38.4 Å². The molecule has 0 atom stereocenters. The van der Waals surface area contributed by atoms with Crippen LogP contribution >= 0.6 is 27.7 Å². The number of hydrogen-bond donors (Lipinski definition) is 2. The van der Waals surface area contributed by atoms with E-state index < -0.39 is 0 Å². The van der Waals surface area contributed by atoms with Crippen molar-refractivity contribution < 1.29 is 13.9 Å². The quantitative estimate of drug-likeness (QED) is 0.267. The van der Waals surface area contributed by atoms with E-state index in [1.165, 1.54) is 10.3 Å². The van der Waals surface area contributed by atoms with Gasteiger partial charge in [-0.3, -0.25) is 4.79 Å². The molecular formula is C22H19BrN2O3S. The van der Waals surface area contributed by atoms with E-state index >= 15 is 0 Å². The van der Waals surface area contributed by atoms with Gasteiger partial charge in [-0.1, -0.05) is 18.2 Å². The van der Waals surface area contributed by atoms with E-state index in [4.69, 9.17) is 9.15 Å². The molecule has 0 unspecified atom stereocenters. The Balaban J connectivity index is 1.50. The molecule has 0 spiro atoms. The molecule has 29 heavy (non-hydrogen) atoms. The van der Waals surface area contributed by atoms with E-state index in [0.717, 1.165) is 28.3 Å². The van der Waals surface area contributed by atoms with Gasteiger partial charge >= 0.3 is 0 Å². The molecule has 5 nitrogen and oxygen atoms in total. The van der Waals surface area contributed by atoms with E-state index in [1.807, 2.05) is 36.4 Å². The summed E-state index contributed by atoms with van der Waals surface area (Å²) in [6, 6.07) is 19.6. The lowest BCUT2D eigenvalue weighted by molar-refractivity contribution is 0.0927. The molecule has 0 bridgehead atoms. The number of carbonyl (C=O) groups excluding carboxylic acids is 1. The first kappa shape index (κ1) is 19.7. The molecule has 0 radical (unpaired) electrons. The Bertz CT molecular complexity index is 1130. The summed E-state index contributed by atoms with van der Waals surface area (Å²) >= 11 is 4.92. The lowest BCUT2D eigenvalue weighted by atomic mass is 10.1. The first-order valence-electron chi connectivity index (χ1n) is 9.07. The van der Waals surface area contributed by atoms with Gasteiger partial charge in [0.1, 0.15) is 5.75 Å². The lowest BCUT2D eigenvalue weighted by Gasteiger charge is -2.07. The van der Waals surface area contributed by atoms with Crippen molar-refractivity contribution in [1.82, 2.24) is 10.3 Å². The summed E-state index contributed by atoms with van der Waals surface area (Å²) in [6.45, 7) is 0.531. The summed E-state index contributed by atoms with van der Waals surface area (Å²) in [5.74, 6) is 1.64. The van der Waals surface area contributed by atoms with Gasteiger partial charge in [0.15, 0.2) is 10.4 Å². The fourth-order valence-corrected chi connectivity index (χ4v) is 4.43. The molecule has 0 saturated heterocycles. The van der Waals surface area contributed by atoms with Crippen LogP contribution in [0, 0.1) is 0 Å². The number of para-hydroxylation sites is 1. The van der Waals surface area contributed by atoms with Gasteiger partial charge in [0.25, 0.3) is 5.91 Å². The van der Waals surface area contributed by atoms with Crippen LogP contribution in [0.5, 0.6) is 5.75 Å². The zero-order chi connectivity index (χ0) is 20.2. The predicted molar refractivity (Wildman–Crippen MR) is 120 cm³/mol. The van der Waals surface area contributed by atoms with E-state index in [0.29, 0.717) is 17.0 Å². The Morgan fingerprint density at radius 3 is 2.66 bits per heavy atom. The van der Waals surface area contributed by atoms with Crippen LogP contribution in [0.2, 0.25) is 0 Å². The predicted octanol–water partition coefficient (Wildman–Crippen LogP) is 5.72. The molecule has 0 saturated carbocycles. The second-order valence-electron chi connectivity index (χ2n) is 6.31. The monoisotopic (exact) mass is 470 g/mol. The third-order valence-electron chi connectivity index (χ3n) is 4.47. The van der Waals surface area contributed by atoms with Crippen molar-refractivity contribution in [3.63, 3.8) is 0 Å². The number of methoxy groups -OCH3 is 1. The molecule has 4 aromatic rings. The average Bonchev–Trinajstić information content (AvgIpc) is 3.35. The Hall–Kier alpha value is -2.64. The van der Waals surface area contributed by atoms with Gasteiger partial charge in [-0.25, -0.2) is 0 Å². The fraction of sp³-hybridized carbons (Fsp3) is 0.136. The standard InChI is InChI=1S/C22H19BrN2O3S/c1-27-15-8-6-14(7-9-15)20-21(16-4-2-3-5-17(16)25-20)29-13-12-24-22(26)18-10-11-19(23)28-18/h2-11,25H,12-13H2,1H3,(H,24,26). The normalized spacial score (nSPS) is 11.0. The van der Waals surface area contributed by atoms with E-state index in [-0.39, 0.29) is 5.91 Å². The average molecular weight is 471 g/mol. The van der Waals surface area contributed by atoms with Crippen molar-refractivity contribution in [2.75, 3.05) is 19.4 Å². The minimum atomic E-state index is -0.217. The van der Waals surface area contributed by atoms with Crippen LogP contribution in [0.1, 0.15) is 10.6 Å². The first-order chi connectivity index (χ1) is 14.2. The maximum atomic E-state index is 12.1. The number of aromatic nitrogens is 1. The van der Waals surface area contributed by atoms with Gasteiger partial charge in [0.2, 0.25) is 0 Å². The number of thioether (sulfide) groups is 1. The molecule has 2 N–H and O–H groups in total. The summed E-state index contributed by atoms with van der Waals surface area (Å²) in [4.78, 5) is 16.8. The molecule has 7 heteroatoms. The second kappa shape index (κ2) is 8.80. The van der Waals surface area contributed by atoms with Crippen molar-refractivity contribution in [2.45, 2.75) is 4.90 Å². The second-order valence-corrected chi connectivity index (χ2v) is 8.20. The zero-order valence-electron chi connectivity index (χ0n) is 15.7. The number of halogens is 1. The zero-order valence-corrected chi connectivity index (χ0v) is 18.1. The minimum Gasteiger partial charge on any atom is -0.497 e. The smallest absolute Gasteiger partial charge is 0.287 e. The molecule has 4 rings (SSSR count). The highest BCUT2D eigenvalue weighted by Crippen LogP contribution is 2.38. The maximum absolute atomic E-state index is 12.1. The summed E-state index contributed by atoms with van der Waals surface area (Å²) in [7, 11) is 1.66. The van der Waals surface area contributed by atoms with E-state index in [1.54, 1.807) is 31.0 Å². The summed E-state index contributed by atoms with van der Waals surface area (Å²) in [5, 5.41) is 4.07. The largest absolute Gasteiger partial charge is 0.497 e. The first-order valence-corrected chi connectivity index (χ1v) is 10.8. The number of rotatable bonds is 7. The lowest BCUT2D eigenvalue weighted by Crippen LogP contribution is -2.25. The molecule has 2 aromatic heterocycles. The van der Waals surface area contributed by atoms with Gasteiger partial charge in [-0.05, 0) is 64.0 Å². The van der Waals surface area contributed by atoms with Crippen LogP contribution in [0.3, 0.4) is 0 Å². The molecule has 0 aliphatic rings. The number of benzene rings is 2. The minimum absolute atomic E-state index is 0.217. The van der Waals surface area contributed by atoms with Crippen molar-refractivity contribution in [2.24, 2.45) is 0 Å².